The second-order valence-corrected chi connectivity index (χ2v) is 4.43. The predicted octanol–water partition coefficient (Wildman–Crippen LogP) is 0.592. The van der Waals surface area contributed by atoms with Crippen LogP contribution in [0.25, 0.3) is 0 Å². The number of likely N-dealkylation sites (tertiary alicyclic amines) is 1. The molecule has 0 aromatic carbocycles. The molecule has 2 rings (SSSR count). The van der Waals surface area contributed by atoms with Crippen LogP contribution in [-0.2, 0) is 4.79 Å². The summed E-state index contributed by atoms with van der Waals surface area (Å²) in [6.07, 6.45) is 3.72. The SMILES string of the molecule is CC(=O)N1CCC(C(N)C2CC2)C1. The summed E-state index contributed by atoms with van der Waals surface area (Å²) >= 11 is 0. The van der Waals surface area contributed by atoms with Crippen LogP contribution in [-0.4, -0.2) is 29.9 Å². The largest absolute Gasteiger partial charge is 0.343 e. The predicted molar refractivity (Wildman–Crippen MR) is 51.1 cm³/mol. The molecule has 2 unspecified atom stereocenters. The average molecular weight is 182 g/mol. The molecule has 2 fully saturated rings. The molecule has 74 valence electrons. The van der Waals surface area contributed by atoms with E-state index in [0.29, 0.717) is 12.0 Å². The van der Waals surface area contributed by atoms with Crippen LogP contribution in [0.5, 0.6) is 0 Å². The lowest BCUT2D eigenvalue weighted by Gasteiger charge is -2.19. The van der Waals surface area contributed by atoms with Crippen molar-refractivity contribution in [3.8, 4) is 0 Å². The first-order valence-electron chi connectivity index (χ1n) is 5.19. The zero-order valence-electron chi connectivity index (χ0n) is 8.20. The van der Waals surface area contributed by atoms with Crippen LogP contribution in [0.15, 0.2) is 0 Å². The maximum Gasteiger partial charge on any atom is 0.219 e. The average Bonchev–Trinajstić information content (AvgIpc) is 2.81. The van der Waals surface area contributed by atoms with Gasteiger partial charge in [-0.2, -0.15) is 0 Å². The van der Waals surface area contributed by atoms with Crippen molar-refractivity contribution < 1.29 is 4.79 Å². The first kappa shape index (κ1) is 9.00. The van der Waals surface area contributed by atoms with Crippen molar-refractivity contribution in [1.29, 1.82) is 0 Å². The highest BCUT2D eigenvalue weighted by Crippen LogP contribution is 2.37. The Hall–Kier alpha value is -0.570. The minimum Gasteiger partial charge on any atom is -0.343 e. The van der Waals surface area contributed by atoms with Gasteiger partial charge >= 0.3 is 0 Å². The Labute approximate surface area is 79.3 Å². The Balaban J connectivity index is 1.86. The van der Waals surface area contributed by atoms with Crippen LogP contribution in [0.3, 0.4) is 0 Å². The van der Waals surface area contributed by atoms with E-state index < -0.39 is 0 Å². The highest BCUT2D eigenvalue weighted by Gasteiger charge is 2.37. The van der Waals surface area contributed by atoms with Crippen molar-refractivity contribution in [2.75, 3.05) is 13.1 Å². The number of amides is 1. The molecule has 1 heterocycles. The van der Waals surface area contributed by atoms with Gasteiger partial charge in [0.05, 0.1) is 0 Å². The number of rotatable bonds is 2. The Morgan fingerprint density at radius 1 is 1.38 bits per heavy atom. The molecule has 1 saturated heterocycles. The summed E-state index contributed by atoms with van der Waals surface area (Å²) < 4.78 is 0. The smallest absolute Gasteiger partial charge is 0.219 e. The minimum absolute atomic E-state index is 0.200. The van der Waals surface area contributed by atoms with Crippen molar-refractivity contribution in [1.82, 2.24) is 4.90 Å². The van der Waals surface area contributed by atoms with Gasteiger partial charge in [-0.3, -0.25) is 4.79 Å². The van der Waals surface area contributed by atoms with Crippen LogP contribution >= 0.6 is 0 Å². The van der Waals surface area contributed by atoms with Gasteiger partial charge in [-0.1, -0.05) is 0 Å². The van der Waals surface area contributed by atoms with Gasteiger partial charge in [-0.05, 0) is 31.1 Å². The molecular weight excluding hydrogens is 164 g/mol. The van der Waals surface area contributed by atoms with Gasteiger partial charge in [0.25, 0.3) is 0 Å². The normalized spacial score (nSPS) is 30.6. The third kappa shape index (κ3) is 1.85. The molecule has 3 nitrogen and oxygen atoms in total. The van der Waals surface area contributed by atoms with E-state index in [1.165, 1.54) is 12.8 Å². The molecule has 0 aromatic heterocycles. The third-order valence-corrected chi connectivity index (χ3v) is 3.38. The number of carbonyl (C=O) groups is 1. The molecule has 0 bridgehead atoms. The molecule has 1 saturated carbocycles. The fraction of sp³-hybridized carbons (Fsp3) is 0.900. The number of hydrogen-bond donors (Lipinski definition) is 1. The molecule has 13 heavy (non-hydrogen) atoms. The molecule has 0 aromatic rings. The summed E-state index contributed by atoms with van der Waals surface area (Å²) in [4.78, 5) is 13.0. The summed E-state index contributed by atoms with van der Waals surface area (Å²) in [6.45, 7) is 3.46. The number of nitrogens with two attached hydrogens (primary N) is 1. The molecule has 2 N–H and O–H groups in total. The van der Waals surface area contributed by atoms with Crippen LogP contribution in [0.4, 0.5) is 0 Å². The van der Waals surface area contributed by atoms with Gasteiger partial charge in [0.15, 0.2) is 0 Å². The van der Waals surface area contributed by atoms with Gasteiger partial charge in [0.1, 0.15) is 0 Å². The third-order valence-electron chi connectivity index (χ3n) is 3.38. The van der Waals surface area contributed by atoms with Crippen LogP contribution < -0.4 is 5.73 Å². The van der Waals surface area contributed by atoms with Crippen molar-refractivity contribution in [3.63, 3.8) is 0 Å². The Morgan fingerprint density at radius 3 is 2.54 bits per heavy atom. The van der Waals surface area contributed by atoms with Gasteiger partial charge in [-0.15, -0.1) is 0 Å². The Morgan fingerprint density at radius 2 is 2.08 bits per heavy atom. The minimum atomic E-state index is 0.200. The summed E-state index contributed by atoms with van der Waals surface area (Å²) in [5.74, 6) is 1.53. The van der Waals surface area contributed by atoms with E-state index in [9.17, 15) is 4.79 Å². The van der Waals surface area contributed by atoms with E-state index in [1.807, 2.05) is 4.90 Å². The zero-order chi connectivity index (χ0) is 9.42. The maximum absolute atomic E-state index is 11.1. The number of carbonyl (C=O) groups excluding carboxylic acids is 1. The number of hydrogen-bond acceptors (Lipinski definition) is 2. The highest BCUT2D eigenvalue weighted by molar-refractivity contribution is 5.73. The number of nitrogens with zero attached hydrogens (tertiary/aromatic N) is 1. The second kappa shape index (κ2) is 3.29. The molecule has 3 heteroatoms. The lowest BCUT2D eigenvalue weighted by Crippen LogP contribution is -2.35. The summed E-state index contributed by atoms with van der Waals surface area (Å²) in [6, 6.07) is 0.351. The molecule has 2 atom stereocenters. The Bertz CT molecular complexity index is 213. The second-order valence-electron chi connectivity index (χ2n) is 4.43. The first-order chi connectivity index (χ1) is 6.18. The molecular formula is C10H18N2O. The molecule has 0 spiro atoms. The van der Waals surface area contributed by atoms with Crippen molar-refractivity contribution in [3.05, 3.63) is 0 Å². The van der Waals surface area contributed by atoms with E-state index in [4.69, 9.17) is 5.73 Å². The lowest BCUT2D eigenvalue weighted by molar-refractivity contribution is -0.127. The fourth-order valence-corrected chi connectivity index (χ4v) is 2.25. The van der Waals surface area contributed by atoms with Crippen LogP contribution in [0, 0.1) is 11.8 Å². The molecule has 2 aliphatic rings. The van der Waals surface area contributed by atoms with Crippen molar-refractivity contribution >= 4 is 5.91 Å². The standard InChI is InChI=1S/C10H18N2O/c1-7(13)12-5-4-9(6-12)10(11)8-2-3-8/h8-10H,2-6,11H2,1H3. The first-order valence-corrected chi connectivity index (χ1v) is 5.19. The quantitative estimate of drug-likeness (QED) is 0.679. The summed E-state index contributed by atoms with van der Waals surface area (Å²) in [5, 5.41) is 0. The highest BCUT2D eigenvalue weighted by atomic mass is 16.2. The van der Waals surface area contributed by atoms with Gasteiger partial charge < -0.3 is 10.6 Å². The van der Waals surface area contributed by atoms with Crippen molar-refractivity contribution in [2.45, 2.75) is 32.2 Å². The van der Waals surface area contributed by atoms with Gasteiger partial charge in [-0.25, -0.2) is 0 Å². The zero-order valence-corrected chi connectivity index (χ0v) is 8.20. The molecule has 1 aliphatic heterocycles. The van der Waals surface area contributed by atoms with Gasteiger partial charge in [0, 0.05) is 26.1 Å². The fourth-order valence-electron chi connectivity index (χ4n) is 2.25. The molecule has 1 amide bonds. The van der Waals surface area contributed by atoms with Crippen molar-refractivity contribution in [2.24, 2.45) is 17.6 Å². The van der Waals surface area contributed by atoms with Crippen LogP contribution in [0.2, 0.25) is 0 Å². The van der Waals surface area contributed by atoms with E-state index in [0.717, 1.165) is 25.4 Å². The van der Waals surface area contributed by atoms with E-state index in [-0.39, 0.29) is 5.91 Å². The summed E-state index contributed by atoms with van der Waals surface area (Å²) in [5.41, 5.74) is 6.11. The lowest BCUT2D eigenvalue weighted by atomic mass is 9.96. The monoisotopic (exact) mass is 182 g/mol. The molecule has 1 aliphatic carbocycles. The van der Waals surface area contributed by atoms with E-state index in [2.05, 4.69) is 0 Å². The topological polar surface area (TPSA) is 46.3 Å². The van der Waals surface area contributed by atoms with E-state index >= 15 is 0 Å². The summed E-state index contributed by atoms with van der Waals surface area (Å²) in [7, 11) is 0. The van der Waals surface area contributed by atoms with E-state index in [1.54, 1.807) is 6.92 Å². The Kier molecular flexibility index (Phi) is 2.28. The van der Waals surface area contributed by atoms with Gasteiger partial charge in [0.2, 0.25) is 5.91 Å². The maximum atomic E-state index is 11.1. The van der Waals surface area contributed by atoms with Crippen LogP contribution in [0.1, 0.15) is 26.2 Å². The molecule has 0 radical (unpaired) electrons.